The normalized spacial score (nSPS) is 15.3. The summed E-state index contributed by atoms with van der Waals surface area (Å²) >= 11 is 6.11. The minimum Gasteiger partial charge on any atom is -0.369 e. The predicted octanol–water partition coefficient (Wildman–Crippen LogP) is 0.297. The van der Waals surface area contributed by atoms with E-state index in [1.54, 1.807) is 10.9 Å². The van der Waals surface area contributed by atoms with Crippen molar-refractivity contribution in [2.24, 2.45) is 7.05 Å². The number of nitrogens with zero attached hydrogens (tertiary/aromatic N) is 4. The number of aromatic amines is 1. The molecule has 3 rings (SSSR count). The maximum absolute atomic E-state index is 11.9. The molecule has 0 saturated carbocycles. The molecule has 0 amide bonds. The molecule has 7 nitrogen and oxygen atoms in total. The number of rotatable bonds is 2. The highest BCUT2D eigenvalue weighted by Crippen LogP contribution is 2.20. The van der Waals surface area contributed by atoms with E-state index in [0.717, 1.165) is 17.9 Å². The summed E-state index contributed by atoms with van der Waals surface area (Å²) in [5.41, 5.74) is 7.67. The summed E-state index contributed by atoms with van der Waals surface area (Å²) in [5.74, 6) is 0.176. The molecule has 8 heteroatoms. The molecule has 0 spiro atoms. The maximum Gasteiger partial charge on any atom is 0.257 e. The van der Waals surface area contributed by atoms with Crippen molar-refractivity contribution in [1.82, 2.24) is 24.6 Å². The van der Waals surface area contributed by atoms with Crippen molar-refractivity contribution in [3.05, 3.63) is 38.5 Å². The molecule has 106 valence electrons. The largest absolute Gasteiger partial charge is 0.369 e. The number of hydrogen-bond donors (Lipinski definition) is 2. The van der Waals surface area contributed by atoms with E-state index in [1.165, 1.54) is 0 Å². The molecule has 0 aliphatic carbocycles. The Morgan fingerprint density at radius 1 is 1.55 bits per heavy atom. The van der Waals surface area contributed by atoms with Gasteiger partial charge in [0.05, 0.1) is 22.0 Å². The van der Waals surface area contributed by atoms with Gasteiger partial charge in [0.2, 0.25) is 5.95 Å². The quantitative estimate of drug-likeness (QED) is 0.831. The van der Waals surface area contributed by atoms with Crippen molar-refractivity contribution in [3.8, 4) is 0 Å². The molecule has 0 bridgehead atoms. The standard InChI is InChI=1S/C12H15ClN6O/c1-18-5-8(13)10(17-18)6-19-3-2-9-7(4-19)11(20)16-12(14)15-9/h5H,2-4,6H2,1H3,(H3,14,15,16,20). The third kappa shape index (κ3) is 2.41. The number of halogens is 1. The lowest BCUT2D eigenvalue weighted by Crippen LogP contribution is -2.35. The van der Waals surface area contributed by atoms with E-state index in [4.69, 9.17) is 17.3 Å². The smallest absolute Gasteiger partial charge is 0.257 e. The Morgan fingerprint density at radius 2 is 2.35 bits per heavy atom. The number of aromatic nitrogens is 4. The predicted molar refractivity (Wildman–Crippen MR) is 75.3 cm³/mol. The zero-order valence-electron chi connectivity index (χ0n) is 11.1. The highest BCUT2D eigenvalue weighted by molar-refractivity contribution is 6.31. The molecule has 2 aromatic heterocycles. The van der Waals surface area contributed by atoms with Crippen LogP contribution in [0.15, 0.2) is 11.0 Å². The lowest BCUT2D eigenvalue weighted by Gasteiger charge is -2.26. The van der Waals surface area contributed by atoms with Gasteiger partial charge < -0.3 is 5.73 Å². The molecule has 0 atom stereocenters. The molecular formula is C12H15ClN6O. The van der Waals surface area contributed by atoms with Gasteiger partial charge in [0.1, 0.15) is 0 Å². The summed E-state index contributed by atoms with van der Waals surface area (Å²) in [4.78, 5) is 20.8. The number of anilines is 1. The molecule has 0 aromatic carbocycles. The van der Waals surface area contributed by atoms with Gasteiger partial charge in [-0.15, -0.1) is 0 Å². The van der Waals surface area contributed by atoms with Gasteiger partial charge in [0.15, 0.2) is 0 Å². The first kappa shape index (κ1) is 13.1. The molecule has 0 unspecified atom stereocenters. The molecule has 2 aromatic rings. The van der Waals surface area contributed by atoms with Crippen molar-refractivity contribution in [1.29, 1.82) is 0 Å². The van der Waals surface area contributed by atoms with Crippen molar-refractivity contribution in [2.45, 2.75) is 19.5 Å². The number of nitrogen functional groups attached to an aromatic ring is 1. The zero-order valence-corrected chi connectivity index (χ0v) is 11.8. The summed E-state index contributed by atoms with van der Waals surface area (Å²) in [5, 5.41) is 4.96. The van der Waals surface area contributed by atoms with Gasteiger partial charge in [-0.3, -0.25) is 19.4 Å². The van der Waals surface area contributed by atoms with Gasteiger partial charge in [-0.05, 0) is 0 Å². The Labute approximate surface area is 120 Å². The summed E-state index contributed by atoms with van der Waals surface area (Å²) in [7, 11) is 1.83. The van der Waals surface area contributed by atoms with E-state index >= 15 is 0 Å². The number of nitrogens with two attached hydrogens (primary N) is 1. The van der Waals surface area contributed by atoms with Crippen molar-refractivity contribution in [2.75, 3.05) is 12.3 Å². The number of hydrogen-bond acceptors (Lipinski definition) is 5. The first-order valence-corrected chi connectivity index (χ1v) is 6.68. The SMILES string of the molecule is Cn1cc(Cl)c(CN2CCc3nc(N)[nH]c(=O)c3C2)n1. The average molecular weight is 295 g/mol. The fourth-order valence-corrected chi connectivity index (χ4v) is 2.70. The lowest BCUT2D eigenvalue weighted by molar-refractivity contribution is 0.238. The van der Waals surface area contributed by atoms with E-state index < -0.39 is 0 Å². The number of aryl methyl sites for hydroxylation is 1. The second kappa shape index (κ2) is 4.92. The van der Waals surface area contributed by atoms with Gasteiger partial charge >= 0.3 is 0 Å². The summed E-state index contributed by atoms with van der Waals surface area (Å²) in [6.45, 7) is 1.95. The summed E-state index contributed by atoms with van der Waals surface area (Å²) in [6.07, 6.45) is 2.47. The van der Waals surface area contributed by atoms with Crippen LogP contribution in [0, 0.1) is 0 Å². The van der Waals surface area contributed by atoms with Crippen molar-refractivity contribution >= 4 is 17.5 Å². The third-order valence-electron chi connectivity index (χ3n) is 3.39. The lowest BCUT2D eigenvalue weighted by atomic mass is 10.1. The molecule has 0 radical (unpaired) electrons. The Balaban J connectivity index is 1.82. The monoisotopic (exact) mass is 294 g/mol. The second-order valence-electron chi connectivity index (χ2n) is 4.93. The number of fused-ring (bicyclic) bond motifs is 1. The molecule has 0 fully saturated rings. The topological polar surface area (TPSA) is 92.8 Å². The third-order valence-corrected chi connectivity index (χ3v) is 3.71. The van der Waals surface area contributed by atoms with E-state index in [-0.39, 0.29) is 11.5 Å². The minimum atomic E-state index is -0.163. The van der Waals surface area contributed by atoms with Crippen LogP contribution in [0.4, 0.5) is 5.95 Å². The molecule has 1 aliphatic rings. The van der Waals surface area contributed by atoms with E-state index in [2.05, 4.69) is 20.0 Å². The Morgan fingerprint density at radius 3 is 3.05 bits per heavy atom. The Kier molecular flexibility index (Phi) is 3.23. The van der Waals surface area contributed by atoms with Crippen LogP contribution in [0.2, 0.25) is 5.02 Å². The van der Waals surface area contributed by atoms with Crippen LogP contribution in [-0.2, 0) is 26.6 Å². The van der Waals surface area contributed by atoms with Crippen LogP contribution in [0.25, 0.3) is 0 Å². The second-order valence-corrected chi connectivity index (χ2v) is 5.34. The molecule has 3 heterocycles. The summed E-state index contributed by atoms with van der Waals surface area (Å²) in [6, 6.07) is 0. The minimum absolute atomic E-state index is 0.163. The van der Waals surface area contributed by atoms with Crippen LogP contribution in [-0.4, -0.2) is 31.2 Å². The van der Waals surface area contributed by atoms with Crippen LogP contribution < -0.4 is 11.3 Å². The fourth-order valence-electron chi connectivity index (χ4n) is 2.46. The van der Waals surface area contributed by atoms with Gasteiger partial charge in [-0.25, -0.2) is 4.98 Å². The molecule has 0 saturated heterocycles. The Bertz CT molecular complexity index is 706. The van der Waals surface area contributed by atoms with E-state index in [1.807, 2.05) is 7.05 Å². The highest BCUT2D eigenvalue weighted by atomic mass is 35.5. The first-order chi connectivity index (χ1) is 9.52. The fraction of sp³-hybridized carbons (Fsp3) is 0.417. The maximum atomic E-state index is 11.9. The molecular weight excluding hydrogens is 280 g/mol. The van der Waals surface area contributed by atoms with Crippen molar-refractivity contribution in [3.63, 3.8) is 0 Å². The van der Waals surface area contributed by atoms with Gasteiger partial charge in [0.25, 0.3) is 5.56 Å². The van der Waals surface area contributed by atoms with Crippen LogP contribution in [0.3, 0.4) is 0 Å². The van der Waals surface area contributed by atoms with E-state index in [0.29, 0.717) is 30.1 Å². The van der Waals surface area contributed by atoms with Crippen molar-refractivity contribution < 1.29 is 0 Å². The van der Waals surface area contributed by atoms with Crippen LogP contribution in [0.5, 0.6) is 0 Å². The summed E-state index contributed by atoms with van der Waals surface area (Å²) < 4.78 is 1.69. The number of H-pyrrole nitrogens is 1. The molecule has 20 heavy (non-hydrogen) atoms. The number of nitrogens with one attached hydrogen (secondary N) is 1. The first-order valence-electron chi connectivity index (χ1n) is 6.31. The van der Waals surface area contributed by atoms with Crippen LogP contribution >= 0.6 is 11.6 Å². The van der Waals surface area contributed by atoms with Gasteiger partial charge in [-0.2, -0.15) is 5.10 Å². The van der Waals surface area contributed by atoms with Gasteiger partial charge in [-0.1, -0.05) is 11.6 Å². The average Bonchev–Trinajstić information content (AvgIpc) is 2.68. The molecule has 1 aliphatic heterocycles. The van der Waals surface area contributed by atoms with E-state index in [9.17, 15) is 4.79 Å². The zero-order chi connectivity index (χ0) is 14.3. The van der Waals surface area contributed by atoms with Crippen LogP contribution in [0.1, 0.15) is 17.0 Å². The van der Waals surface area contributed by atoms with Gasteiger partial charge in [0, 0.05) is 39.3 Å². The highest BCUT2D eigenvalue weighted by Gasteiger charge is 2.22. The Hall–Kier alpha value is -1.86. The molecule has 3 N–H and O–H groups in total.